The van der Waals surface area contributed by atoms with Crippen LogP contribution in [0.5, 0.6) is 0 Å². The molecule has 0 heterocycles. The van der Waals surface area contributed by atoms with Crippen molar-refractivity contribution in [3.63, 3.8) is 0 Å². The van der Waals surface area contributed by atoms with E-state index in [0.717, 1.165) is 6.42 Å². The summed E-state index contributed by atoms with van der Waals surface area (Å²) in [5, 5.41) is 28.4. The summed E-state index contributed by atoms with van der Waals surface area (Å²) in [6.07, 6.45) is 4.74. The summed E-state index contributed by atoms with van der Waals surface area (Å²) in [7, 11) is 0. The first kappa shape index (κ1) is 10.5. The van der Waals surface area contributed by atoms with Crippen LogP contribution in [0.1, 0.15) is 19.8 Å². The van der Waals surface area contributed by atoms with Gasteiger partial charge in [-0.3, -0.25) is 0 Å². The Morgan fingerprint density at radius 3 is 2.38 bits per heavy atom. The zero-order chi connectivity index (χ0) is 10.1. The van der Waals surface area contributed by atoms with E-state index in [1.54, 1.807) is 0 Å². The van der Waals surface area contributed by atoms with Gasteiger partial charge in [-0.25, -0.2) is 0 Å². The molecule has 74 valence electrons. The maximum absolute atomic E-state index is 9.66. The van der Waals surface area contributed by atoms with Crippen LogP contribution in [0, 0.1) is 23.7 Å². The van der Waals surface area contributed by atoms with Gasteiger partial charge in [0.05, 0.1) is 24.2 Å². The molecule has 2 unspecified atom stereocenters. The molecular weight excluding hydrogens is 168 g/mol. The molecule has 1 aliphatic rings. The highest BCUT2D eigenvalue weighted by Crippen LogP contribution is 2.42. The van der Waals surface area contributed by atoms with Crippen LogP contribution in [-0.2, 0) is 0 Å². The molecule has 0 radical (unpaired) electrons. The second kappa shape index (κ2) is 3.67. The van der Waals surface area contributed by atoms with E-state index in [9.17, 15) is 10.2 Å². The van der Waals surface area contributed by atoms with E-state index >= 15 is 0 Å². The highest BCUT2D eigenvalue weighted by Gasteiger charge is 2.50. The highest BCUT2D eigenvalue weighted by atomic mass is 16.3. The average Bonchev–Trinajstić information content (AvgIpc) is 2.42. The second-order valence-corrected chi connectivity index (χ2v) is 3.77. The summed E-state index contributed by atoms with van der Waals surface area (Å²) in [5.41, 5.74) is -0.930. The maximum Gasteiger partial charge on any atom is 0.0989 e. The van der Waals surface area contributed by atoms with E-state index in [1.807, 2.05) is 6.92 Å². The fourth-order valence-corrected chi connectivity index (χ4v) is 2.03. The van der Waals surface area contributed by atoms with Crippen LogP contribution >= 0.6 is 0 Å². The van der Waals surface area contributed by atoms with Crippen LogP contribution < -0.4 is 0 Å². The standard InChI is InChI=1S/C10H16O3/c1-3-7-5-10(4-2,6-11)9(13)8(7)12/h2,7-9,11-13H,3,5-6H2,1H3/t7-,8?,9?,10-/m1/s1. The van der Waals surface area contributed by atoms with Gasteiger partial charge in [0.2, 0.25) is 0 Å². The third-order valence-corrected chi connectivity index (χ3v) is 3.09. The summed E-state index contributed by atoms with van der Waals surface area (Å²) >= 11 is 0. The molecule has 0 saturated heterocycles. The van der Waals surface area contributed by atoms with Gasteiger partial charge in [0.15, 0.2) is 0 Å². The number of terminal acetylenes is 1. The Kier molecular flexibility index (Phi) is 2.97. The number of hydrogen-bond donors (Lipinski definition) is 3. The molecule has 1 fully saturated rings. The molecule has 0 amide bonds. The van der Waals surface area contributed by atoms with Gasteiger partial charge in [0, 0.05) is 0 Å². The molecule has 0 spiro atoms. The van der Waals surface area contributed by atoms with Crippen LogP contribution in [0.4, 0.5) is 0 Å². The normalized spacial score (nSPS) is 44.7. The monoisotopic (exact) mass is 184 g/mol. The first-order valence-electron chi connectivity index (χ1n) is 4.56. The van der Waals surface area contributed by atoms with Crippen molar-refractivity contribution in [1.29, 1.82) is 0 Å². The van der Waals surface area contributed by atoms with E-state index in [-0.39, 0.29) is 12.5 Å². The third-order valence-electron chi connectivity index (χ3n) is 3.09. The van der Waals surface area contributed by atoms with Crippen LogP contribution in [0.15, 0.2) is 0 Å². The van der Waals surface area contributed by atoms with Gasteiger partial charge in [-0.15, -0.1) is 6.42 Å². The van der Waals surface area contributed by atoms with Crippen LogP contribution in [-0.4, -0.2) is 34.1 Å². The minimum atomic E-state index is -0.993. The molecule has 4 atom stereocenters. The van der Waals surface area contributed by atoms with Gasteiger partial charge >= 0.3 is 0 Å². The Morgan fingerprint density at radius 2 is 2.15 bits per heavy atom. The van der Waals surface area contributed by atoms with Crippen molar-refractivity contribution >= 4 is 0 Å². The third kappa shape index (κ3) is 1.46. The molecule has 1 saturated carbocycles. The van der Waals surface area contributed by atoms with Gasteiger partial charge in [0.1, 0.15) is 0 Å². The maximum atomic E-state index is 9.66. The van der Waals surface area contributed by atoms with Crippen molar-refractivity contribution < 1.29 is 15.3 Å². The van der Waals surface area contributed by atoms with E-state index in [4.69, 9.17) is 11.5 Å². The Labute approximate surface area is 78.4 Å². The minimum Gasteiger partial charge on any atom is -0.395 e. The molecule has 1 aliphatic carbocycles. The molecule has 0 aliphatic heterocycles. The minimum absolute atomic E-state index is 0.00167. The topological polar surface area (TPSA) is 60.7 Å². The highest BCUT2D eigenvalue weighted by molar-refractivity contribution is 5.16. The molecule has 0 aromatic rings. The molecule has 0 aromatic carbocycles. The smallest absolute Gasteiger partial charge is 0.0989 e. The summed E-state index contributed by atoms with van der Waals surface area (Å²) in [4.78, 5) is 0. The molecule has 0 bridgehead atoms. The number of hydrogen-bond acceptors (Lipinski definition) is 3. The van der Waals surface area contributed by atoms with Crippen molar-refractivity contribution in [2.45, 2.75) is 32.0 Å². The summed E-state index contributed by atoms with van der Waals surface area (Å²) < 4.78 is 0. The lowest BCUT2D eigenvalue weighted by atomic mass is 9.85. The molecule has 3 heteroatoms. The van der Waals surface area contributed by atoms with Gasteiger partial charge in [-0.05, 0) is 12.3 Å². The fourth-order valence-electron chi connectivity index (χ4n) is 2.03. The summed E-state index contributed by atoms with van der Waals surface area (Å²) in [5.74, 6) is 2.41. The lowest BCUT2D eigenvalue weighted by Crippen LogP contribution is -2.37. The number of aliphatic hydroxyl groups is 3. The van der Waals surface area contributed by atoms with Crippen LogP contribution in [0.3, 0.4) is 0 Å². The number of aliphatic hydroxyl groups excluding tert-OH is 3. The Hall–Kier alpha value is -0.560. The summed E-state index contributed by atoms with van der Waals surface area (Å²) in [6, 6.07) is 0. The lowest BCUT2D eigenvalue weighted by molar-refractivity contribution is -0.0267. The van der Waals surface area contributed by atoms with Gasteiger partial charge in [-0.2, -0.15) is 0 Å². The quantitative estimate of drug-likeness (QED) is 0.519. The van der Waals surface area contributed by atoms with Gasteiger partial charge in [0.25, 0.3) is 0 Å². The first-order chi connectivity index (χ1) is 6.11. The van der Waals surface area contributed by atoms with Gasteiger partial charge in [-0.1, -0.05) is 19.3 Å². The van der Waals surface area contributed by atoms with E-state index in [1.165, 1.54) is 0 Å². The molecular formula is C10H16O3. The molecule has 13 heavy (non-hydrogen) atoms. The number of rotatable bonds is 2. The van der Waals surface area contributed by atoms with Crippen molar-refractivity contribution in [2.75, 3.05) is 6.61 Å². The van der Waals surface area contributed by atoms with E-state index in [2.05, 4.69) is 5.92 Å². The fraction of sp³-hybridized carbons (Fsp3) is 0.800. The Balaban J connectivity index is 2.87. The predicted molar refractivity (Wildman–Crippen MR) is 48.8 cm³/mol. The van der Waals surface area contributed by atoms with E-state index < -0.39 is 17.6 Å². The second-order valence-electron chi connectivity index (χ2n) is 3.77. The zero-order valence-electron chi connectivity index (χ0n) is 7.77. The van der Waals surface area contributed by atoms with Gasteiger partial charge < -0.3 is 15.3 Å². The molecule has 1 rings (SSSR count). The first-order valence-corrected chi connectivity index (χ1v) is 4.56. The molecule has 0 aromatic heterocycles. The lowest BCUT2D eigenvalue weighted by Gasteiger charge is -2.24. The van der Waals surface area contributed by atoms with Crippen molar-refractivity contribution in [2.24, 2.45) is 11.3 Å². The Morgan fingerprint density at radius 1 is 1.54 bits per heavy atom. The largest absolute Gasteiger partial charge is 0.395 e. The Bertz CT molecular complexity index is 221. The van der Waals surface area contributed by atoms with Crippen molar-refractivity contribution in [3.8, 4) is 12.3 Å². The van der Waals surface area contributed by atoms with Crippen molar-refractivity contribution in [3.05, 3.63) is 0 Å². The summed E-state index contributed by atoms with van der Waals surface area (Å²) in [6.45, 7) is 1.67. The molecule has 3 nitrogen and oxygen atoms in total. The predicted octanol–water partition coefficient (Wildman–Crippen LogP) is -0.250. The van der Waals surface area contributed by atoms with E-state index in [0.29, 0.717) is 6.42 Å². The van der Waals surface area contributed by atoms with Crippen molar-refractivity contribution in [1.82, 2.24) is 0 Å². The molecule has 3 N–H and O–H groups in total. The SMILES string of the molecule is C#C[C@]1(CO)C[C@@H](CC)C(O)C1O. The zero-order valence-corrected chi connectivity index (χ0v) is 7.77. The van der Waals surface area contributed by atoms with Crippen LogP contribution in [0.2, 0.25) is 0 Å². The average molecular weight is 184 g/mol. The van der Waals surface area contributed by atoms with Crippen LogP contribution in [0.25, 0.3) is 0 Å².